The molecule has 5 nitrogen and oxygen atoms in total. The molecule has 3 heterocycles. The van der Waals surface area contributed by atoms with Crippen molar-refractivity contribution in [2.45, 2.75) is 18.7 Å². The van der Waals surface area contributed by atoms with Gasteiger partial charge in [-0.05, 0) is 30.0 Å². The van der Waals surface area contributed by atoms with Gasteiger partial charge < -0.3 is 5.11 Å². The minimum Gasteiger partial charge on any atom is -0.477 e. The zero-order chi connectivity index (χ0) is 15.7. The molecule has 2 aliphatic rings. The molecule has 0 unspecified atom stereocenters. The number of pyridine rings is 1. The first kappa shape index (κ1) is 15.2. The lowest BCUT2D eigenvalue weighted by atomic mass is 10.1. The number of aryl methyl sites for hydroxylation is 1. The summed E-state index contributed by atoms with van der Waals surface area (Å²) >= 11 is 2.96. The van der Waals surface area contributed by atoms with Crippen LogP contribution in [0.25, 0.3) is 6.08 Å². The normalized spacial score (nSPS) is 21.0. The van der Waals surface area contributed by atoms with Crippen LogP contribution in [0, 0.1) is 6.92 Å². The summed E-state index contributed by atoms with van der Waals surface area (Å²) in [6.07, 6.45) is 4.09. The number of carbonyl (C=O) groups is 2. The molecule has 1 amide bonds. The Labute approximate surface area is 136 Å². The molecule has 1 N–H and O–H groups in total. The maximum absolute atomic E-state index is 11.6. The first-order valence-corrected chi connectivity index (χ1v) is 8.65. The van der Waals surface area contributed by atoms with Crippen molar-refractivity contribution in [3.63, 3.8) is 0 Å². The number of aromatic nitrogens is 1. The second-order valence-electron chi connectivity index (χ2n) is 4.96. The Bertz CT molecular complexity index is 683. The van der Waals surface area contributed by atoms with Crippen molar-refractivity contribution < 1.29 is 14.7 Å². The van der Waals surface area contributed by atoms with Gasteiger partial charge in [0.1, 0.15) is 5.70 Å². The third-order valence-electron chi connectivity index (χ3n) is 3.43. The van der Waals surface area contributed by atoms with Crippen LogP contribution in [-0.2, 0) is 9.59 Å². The molecule has 0 bridgehead atoms. The fourth-order valence-corrected chi connectivity index (χ4v) is 4.52. The van der Waals surface area contributed by atoms with Gasteiger partial charge in [-0.1, -0.05) is 17.8 Å². The summed E-state index contributed by atoms with van der Waals surface area (Å²) in [7, 11) is 0. The summed E-state index contributed by atoms with van der Waals surface area (Å²) in [5, 5.41) is 11.2. The molecule has 0 saturated carbocycles. The van der Waals surface area contributed by atoms with Gasteiger partial charge in [0.25, 0.3) is 0 Å². The molecule has 0 aliphatic carbocycles. The molecular formula is C15H14N2O3S2. The fraction of sp³-hybridized carbons (Fsp3) is 0.267. The number of carboxylic acids is 1. The van der Waals surface area contributed by atoms with Crippen LogP contribution >= 0.6 is 23.5 Å². The second-order valence-corrected chi connectivity index (χ2v) is 7.13. The highest BCUT2D eigenvalue weighted by atomic mass is 32.2. The molecule has 22 heavy (non-hydrogen) atoms. The number of hydrogen-bond donors (Lipinski definition) is 1. The summed E-state index contributed by atoms with van der Waals surface area (Å²) in [5.41, 5.74) is 2.04. The number of carbonyl (C=O) groups excluding carboxylic acids is 1. The molecule has 0 spiro atoms. The number of amides is 1. The highest BCUT2D eigenvalue weighted by Crippen LogP contribution is 2.43. The molecule has 1 saturated heterocycles. The summed E-state index contributed by atoms with van der Waals surface area (Å²) < 4.78 is 0. The van der Waals surface area contributed by atoms with Crippen LogP contribution in [0.15, 0.2) is 34.3 Å². The van der Waals surface area contributed by atoms with E-state index < -0.39 is 5.97 Å². The smallest absolute Gasteiger partial charge is 0.353 e. The molecule has 0 radical (unpaired) electrons. The number of aliphatic carboxylic acids is 1. The third kappa shape index (κ3) is 2.91. The van der Waals surface area contributed by atoms with E-state index in [9.17, 15) is 14.7 Å². The third-order valence-corrected chi connectivity index (χ3v) is 5.72. The SMILES string of the molecule is Cc1ccc(/C=C\SC2=C(C(=O)O)N3C(=O)C[C@@H]3SC2)cn1. The number of hydrogen-bond acceptors (Lipinski definition) is 5. The van der Waals surface area contributed by atoms with E-state index in [1.165, 1.54) is 16.7 Å². The Morgan fingerprint density at radius 2 is 2.36 bits per heavy atom. The highest BCUT2D eigenvalue weighted by molar-refractivity contribution is 8.08. The number of fused-ring (bicyclic) bond motifs is 1. The Morgan fingerprint density at radius 3 is 3.00 bits per heavy atom. The van der Waals surface area contributed by atoms with Crippen molar-refractivity contribution in [2.75, 3.05) is 5.75 Å². The quantitative estimate of drug-likeness (QED) is 0.854. The fourth-order valence-electron chi connectivity index (χ4n) is 2.25. The van der Waals surface area contributed by atoms with Gasteiger partial charge in [-0.2, -0.15) is 0 Å². The molecule has 7 heteroatoms. The predicted octanol–water partition coefficient (Wildman–Crippen LogP) is 2.70. The van der Waals surface area contributed by atoms with Crippen LogP contribution in [0.5, 0.6) is 0 Å². The van der Waals surface area contributed by atoms with Crippen LogP contribution in [0.2, 0.25) is 0 Å². The zero-order valence-corrected chi connectivity index (χ0v) is 13.5. The van der Waals surface area contributed by atoms with Gasteiger partial charge >= 0.3 is 5.97 Å². The molecule has 1 fully saturated rings. The van der Waals surface area contributed by atoms with E-state index >= 15 is 0 Å². The van der Waals surface area contributed by atoms with Crippen LogP contribution < -0.4 is 0 Å². The van der Waals surface area contributed by atoms with Gasteiger partial charge in [0.2, 0.25) is 5.91 Å². The highest BCUT2D eigenvalue weighted by Gasteiger charge is 2.45. The monoisotopic (exact) mass is 334 g/mol. The predicted molar refractivity (Wildman–Crippen MR) is 88.0 cm³/mol. The van der Waals surface area contributed by atoms with Crippen LogP contribution in [0.4, 0.5) is 0 Å². The van der Waals surface area contributed by atoms with E-state index in [1.54, 1.807) is 18.0 Å². The average molecular weight is 334 g/mol. The molecule has 2 aliphatic heterocycles. The summed E-state index contributed by atoms with van der Waals surface area (Å²) in [5.74, 6) is -0.525. The lowest BCUT2D eigenvalue weighted by Gasteiger charge is -2.43. The van der Waals surface area contributed by atoms with Gasteiger partial charge in [0.05, 0.1) is 11.8 Å². The van der Waals surface area contributed by atoms with Crippen molar-refractivity contribution in [3.05, 3.63) is 45.6 Å². The largest absolute Gasteiger partial charge is 0.477 e. The number of nitrogens with zero attached hydrogens (tertiary/aromatic N) is 2. The lowest BCUT2D eigenvalue weighted by molar-refractivity contribution is -0.146. The van der Waals surface area contributed by atoms with Crippen molar-refractivity contribution in [1.29, 1.82) is 0 Å². The van der Waals surface area contributed by atoms with Gasteiger partial charge in [-0.15, -0.1) is 11.8 Å². The molecule has 0 aromatic carbocycles. The van der Waals surface area contributed by atoms with E-state index in [-0.39, 0.29) is 17.0 Å². The van der Waals surface area contributed by atoms with E-state index in [0.717, 1.165) is 11.3 Å². The van der Waals surface area contributed by atoms with Crippen molar-refractivity contribution in [3.8, 4) is 0 Å². The Morgan fingerprint density at radius 1 is 1.55 bits per heavy atom. The van der Waals surface area contributed by atoms with Crippen LogP contribution in [-0.4, -0.2) is 38.0 Å². The number of thioether (sulfide) groups is 2. The van der Waals surface area contributed by atoms with Gasteiger partial charge in [-0.3, -0.25) is 14.7 Å². The molecule has 1 aromatic heterocycles. The van der Waals surface area contributed by atoms with Gasteiger partial charge in [0.15, 0.2) is 0 Å². The molecule has 1 atom stereocenters. The average Bonchev–Trinajstić information content (AvgIpc) is 2.48. The van der Waals surface area contributed by atoms with Crippen molar-refractivity contribution >= 4 is 41.5 Å². The van der Waals surface area contributed by atoms with Crippen LogP contribution in [0.1, 0.15) is 17.7 Å². The first-order valence-electron chi connectivity index (χ1n) is 6.72. The Hall–Kier alpha value is -1.73. The number of rotatable bonds is 4. The number of β-lactam (4-membered cyclic amide) rings is 1. The van der Waals surface area contributed by atoms with Crippen molar-refractivity contribution in [1.82, 2.24) is 9.88 Å². The number of carboxylic acid groups (broad SMARTS) is 1. The maximum Gasteiger partial charge on any atom is 0.353 e. The molecule has 114 valence electrons. The minimum absolute atomic E-state index is 0.00627. The zero-order valence-electron chi connectivity index (χ0n) is 11.9. The van der Waals surface area contributed by atoms with E-state index in [4.69, 9.17) is 0 Å². The lowest BCUT2D eigenvalue weighted by Crippen LogP contribution is -2.53. The standard InChI is InChI=1S/C15H14N2O3S2/c1-9-2-3-10(7-16-9)4-5-21-11-8-22-13-6-12(18)17(13)14(11)15(19)20/h2-5,7,13H,6,8H2,1H3,(H,19,20)/b5-4-/t13-/m0/s1. The van der Waals surface area contributed by atoms with Gasteiger partial charge in [-0.25, -0.2) is 4.79 Å². The topological polar surface area (TPSA) is 70.5 Å². The van der Waals surface area contributed by atoms with Crippen LogP contribution in [0.3, 0.4) is 0 Å². The molecular weight excluding hydrogens is 320 g/mol. The van der Waals surface area contributed by atoms with E-state index in [1.807, 2.05) is 30.5 Å². The van der Waals surface area contributed by atoms with E-state index in [2.05, 4.69) is 4.98 Å². The molecule has 1 aromatic rings. The van der Waals surface area contributed by atoms with Gasteiger partial charge in [0, 0.05) is 22.5 Å². The summed E-state index contributed by atoms with van der Waals surface area (Å²) in [6.45, 7) is 1.92. The Kier molecular flexibility index (Phi) is 4.26. The minimum atomic E-state index is -1.04. The maximum atomic E-state index is 11.6. The summed E-state index contributed by atoms with van der Waals surface area (Å²) in [6, 6.07) is 3.88. The Balaban J connectivity index is 1.77. The molecule has 3 rings (SSSR count). The second kappa shape index (κ2) is 6.18. The van der Waals surface area contributed by atoms with Crippen molar-refractivity contribution in [2.24, 2.45) is 0 Å². The summed E-state index contributed by atoms with van der Waals surface area (Å²) in [4.78, 5) is 29.4. The first-order chi connectivity index (χ1) is 10.6. The van der Waals surface area contributed by atoms with E-state index in [0.29, 0.717) is 17.1 Å².